The highest BCUT2D eigenvalue weighted by Crippen LogP contribution is 2.18. The van der Waals surface area contributed by atoms with Gasteiger partial charge in [0, 0.05) is 25.2 Å². The van der Waals surface area contributed by atoms with Crippen LogP contribution in [0.4, 0.5) is 0 Å². The Labute approximate surface area is 208 Å². The maximum Gasteiger partial charge on any atom is 0.243 e. The lowest BCUT2D eigenvalue weighted by Gasteiger charge is -2.32. The highest BCUT2D eigenvalue weighted by molar-refractivity contribution is 7.89. The molecule has 2 aromatic carbocycles. The summed E-state index contributed by atoms with van der Waals surface area (Å²) in [6.07, 6.45) is 0.387. The quantitative estimate of drug-likeness (QED) is 0.500. The molecule has 0 saturated carbocycles. The summed E-state index contributed by atoms with van der Waals surface area (Å²) in [5, 5.41) is 3.45. The lowest BCUT2D eigenvalue weighted by atomic mass is 10.1. The van der Waals surface area contributed by atoms with Crippen LogP contribution in [0.2, 0.25) is 5.02 Å². The van der Waals surface area contributed by atoms with E-state index in [0.29, 0.717) is 18.0 Å². The number of benzene rings is 2. The van der Waals surface area contributed by atoms with Crippen LogP contribution in [0, 0.1) is 12.8 Å². The van der Waals surface area contributed by atoms with E-state index in [1.165, 1.54) is 24.1 Å². The Morgan fingerprint density at radius 2 is 1.62 bits per heavy atom. The molecule has 9 heteroatoms. The zero-order chi connectivity index (χ0) is 25.5. The largest absolute Gasteiger partial charge is 0.354 e. The Balaban J connectivity index is 2.30. The van der Waals surface area contributed by atoms with Crippen LogP contribution in [0.25, 0.3) is 0 Å². The molecule has 0 aromatic heterocycles. The minimum Gasteiger partial charge on any atom is -0.354 e. The van der Waals surface area contributed by atoms with Gasteiger partial charge in [0.1, 0.15) is 6.04 Å². The van der Waals surface area contributed by atoms with Gasteiger partial charge in [-0.1, -0.05) is 62.2 Å². The number of hydrogen-bond acceptors (Lipinski definition) is 4. The summed E-state index contributed by atoms with van der Waals surface area (Å²) in [4.78, 5) is 27.9. The van der Waals surface area contributed by atoms with Gasteiger partial charge in [-0.05, 0) is 49.1 Å². The minimum absolute atomic E-state index is 0.111. The van der Waals surface area contributed by atoms with E-state index in [1.54, 1.807) is 36.4 Å². The SMILES string of the molecule is CCC(C(=O)NCC(C)C)N(Cc1ccc(Cl)cc1)C(=O)CN(C)S(=O)(=O)c1ccc(C)cc1. The second-order valence-corrected chi connectivity index (χ2v) is 11.3. The maximum absolute atomic E-state index is 13.4. The van der Waals surface area contributed by atoms with Crippen LogP contribution >= 0.6 is 11.6 Å². The number of carbonyl (C=O) groups excluding carboxylic acids is 2. The summed E-state index contributed by atoms with van der Waals surface area (Å²) in [5.41, 5.74) is 1.72. The zero-order valence-electron chi connectivity index (χ0n) is 20.4. The van der Waals surface area contributed by atoms with Crippen LogP contribution in [-0.2, 0) is 26.2 Å². The van der Waals surface area contributed by atoms with E-state index >= 15 is 0 Å². The molecule has 0 aliphatic heterocycles. The van der Waals surface area contributed by atoms with Crippen molar-refractivity contribution in [3.63, 3.8) is 0 Å². The van der Waals surface area contributed by atoms with Gasteiger partial charge in [0.25, 0.3) is 0 Å². The summed E-state index contributed by atoms with van der Waals surface area (Å²) >= 11 is 5.99. The van der Waals surface area contributed by atoms with Crippen LogP contribution in [0.3, 0.4) is 0 Å². The first-order valence-corrected chi connectivity index (χ1v) is 13.1. The van der Waals surface area contributed by atoms with Crippen LogP contribution in [-0.4, -0.2) is 55.6 Å². The van der Waals surface area contributed by atoms with Gasteiger partial charge >= 0.3 is 0 Å². The second-order valence-electron chi connectivity index (χ2n) is 8.79. The highest BCUT2D eigenvalue weighted by Gasteiger charge is 2.31. The Hall–Kier alpha value is -2.42. The molecule has 1 atom stereocenters. The minimum atomic E-state index is -3.87. The van der Waals surface area contributed by atoms with Gasteiger partial charge in [-0.2, -0.15) is 4.31 Å². The normalized spacial score (nSPS) is 12.6. The lowest BCUT2D eigenvalue weighted by Crippen LogP contribution is -2.52. The highest BCUT2D eigenvalue weighted by atomic mass is 35.5. The van der Waals surface area contributed by atoms with E-state index in [2.05, 4.69) is 5.32 Å². The number of carbonyl (C=O) groups is 2. The fourth-order valence-electron chi connectivity index (χ4n) is 3.39. The molecule has 2 rings (SSSR count). The Morgan fingerprint density at radius 1 is 1.03 bits per heavy atom. The number of amides is 2. The average Bonchev–Trinajstić information content (AvgIpc) is 2.79. The third-order valence-corrected chi connectivity index (χ3v) is 7.49. The molecular formula is C25H34ClN3O4S. The van der Waals surface area contributed by atoms with E-state index in [-0.39, 0.29) is 23.3 Å². The van der Waals surface area contributed by atoms with Gasteiger partial charge < -0.3 is 10.2 Å². The molecule has 0 heterocycles. The summed E-state index contributed by atoms with van der Waals surface area (Å²) in [7, 11) is -2.50. The summed E-state index contributed by atoms with van der Waals surface area (Å²) in [5.74, 6) is -0.463. The van der Waals surface area contributed by atoms with Crippen molar-refractivity contribution in [3.05, 3.63) is 64.7 Å². The number of nitrogens with zero attached hydrogens (tertiary/aromatic N) is 2. The number of rotatable bonds is 11. The monoisotopic (exact) mass is 507 g/mol. The van der Waals surface area contributed by atoms with Gasteiger partial charge in [0.2, 0.25) is 21.8 Å². The molecule has 1 unspecified atom stereocenters. The lowest BCUT2D eigenvalue weighted by molar-refractivity contribution is -0.141. The van der Waals surface area contributed by atoms with Gasteiger partial charge in [0.15, 0.2) is 0 Å². The van der Waals surface area contributed by atoms with Gasteiger partial charge in [-0.15, -0.1) is 0 Å². The molecule has 0 saturated heterocycles. The number of hydrogen-bond donors (Lipinski definition) is 1. The first-order chi connectivity index (χ1) is 15.9. The third-order valence-electron chi connectivity index (χ3n) is 5.42. The van der Waals surface area contributed by atoms with E-state index in [9.17, 15) is 18.0 Å². The predicted octanol–water partition coefficient (Wildman–Crippen LogP) is 3.85. The molecule has 0 bridgehead atoms. The standard InChI is InChI=1S/C25H34ClN3O4S/c1-6-23(25(31)27-15-18(2)3)29(16-20-9-11-21(26)12-10-20)24(30)17-28(5)34(32,33)22-13-7-19(4)8-14-22/h7-14,18,23H,6,15-17H2,1-5H3,(H,27,31). The maximum atomic E-state index is 13.4. The van der Waals surface area contributed by atoms with E-state index in [1.807, 2.05) is 27.7 Å². The molecule has 0 radical (unpaired) electrons. The zero-order valence-corrected chi connectivity index (χ0v) is 22.0. The van der Waals surface area contributed by atoms with Crippen LogP contribution < -0.4 is 5.32 Å². The first kappa shape index (κ1) is 27.8. The number of likely N-dealkylation sites (N-methyl/N-ethyl adjacent to an activating group) is 1. The van der Waals surface area contributed by atoms with Crippen molar-refractivity contribution < 1.29 is 18.0 Å². The number of aryl methyl sites for hydroxylation is 1. The van der Waals surface area contributed by atoms with Crippen molar-refractivity contribution in [1.82, 2.24) is 14.5 Å². The molecule has 1 N–H and O–H groups in total. The molecule has 0 fully saturated rings. The Kier molecular flexibility index (Phi) is 10.1. The van der Waals surface area contributed by atoms with Gasteiger partial charge in [-0.25, -0.2) is 8.42 Å². The number of halogens is 1. The smallest absolute Gasteiger partial charge is 0.243 e. The van der Waals surface area contributed by atoms with Crippen molar-refractivity contribution in [3.8, 4) is 0 Å². The molecule has 0 spiro atoms. The molecule has 186 valence electrons. The molecule has 0 aliphatic carbocycles. The van der Waals surface area contributed by atoms with Crippen molar-refractivity contribution in [2.24, 2.45) is 5.92 Å². The summed E-state index contributed by atoms with van der Waals surface area (Å²) in [6, 6.07) is 12.7. The molecule has 34 heavy (non-hydrogen) atoms. The molecule has 0 aliphatic rings. The van der Waals surface area contributed by atoms with Crippen molar-refractivity contribution in [2.45, 2.75) is 51.6 Å². The van der Waals surface area contributed by atoms with Crippen molar-refractivity contribution in [2.75, 3.05) is 20.1 Å². The van der Waals surface area contributed by atoms with Gasteiger partial charge in [-0.3, -0.25) is 9.59 Å². The molecule has 2 aromatic rings. The van der Waals surface area contributed by atoms with Crippen molar-refractivity contribution >= 4 is 33.4 Å². The van der Waals surface area contributed by atoms with Gasteiger partial charge in [0.05, 0.1) is 11.4 Å². The summed E-state index contributed by atoms with van der Waals surface area (Å²) < 4.78 is 27.0. The van der Waals surface area contributed by atoms with Crippen LogP contribution in [0.15, 0.2) is 53.4 Å². The third kappa shape index (κ3) is 7.55. The van der Waals surface area contributed by atoms with Crippen LogP contribution in [0.5, 0.6) is 0 Å². The number of nitrogens with one attached hydrogen (secondary N) is 1. The fraction of sp³-hybridized carbons (Fsp3) is 0.440. The van der Waals surface area contributed by atoms with Crippen molar-refractivity contribution in [1.29, 1.82) is 0 Å². The van der Waals surface area contributed by atoms with Crippen LogP contribution in [0.1, 0.15) is 38.3 Å². The van der Waals surface area contributed by atoms with E-state index < -0.39 is 28.5 Å². The first-order valence-electron chi connectivity index (χ1n) is 11.3. The fourth-order valence-corrected chi connectivity index (χ4v) is 4.63. The predicted molar refractivity (Wildman–Crippen MR) is 135 cm³/mol. The number of sulfonamides is 1. The topological polar surface area (TPSA) is 86.8 Å². The average molecular weight is 508 g/mol. The van der Waals surface area contributed by atoms with E-state index in [0.717, 1.165) is 15.4 Å². The second kappa shape index (κ2) is 12.3. The Morgan fingerprint density at radius 3 is 2.15 bits per heavy atom. The van der Waals surface area contributed by atoms with E-state index in [4.69, 9.17) is 11.6 Å². The molecular weight excluding hydrogens is 474 g/mol. The summed E-state index contributed by atoms with van der Waals surface area (Å²) in [6.45, 7) is 7.92. The molecule has 7 nitrogen and oxygen atoms in total. The Bertz CT molecular complexity index is 1070. The molecule has 2 amide bonds.